The Kier molecular flexibility index (Phi) is 4.36. The molecule has 6 heteroatoms. The molecule has 2 amide bonds. The molecule has 0 atom stereocenters. The van der Waals surface area contributed by atoms with Crippen LogP contribution in [0.1, 0.15) is 31.2 Å². The van der Waals surface area contributed by atoms with E-state index in [1.54, 1.807) is 4.90 Å². The lowest BCUT2D eigenvalue weighted by molar-refractivity contribution is -0.148. The molecule has 0 N–H and O–H groups in total. The van der Waals surface area contributed by atoms with Crippen LogP contribution in [0.5, 0.6) is 0 Å². The number of carbonyl (C=O) groups excluding carboxylic acids is 2. The Hall–Kier alpha value is -2.11. The summed E-state index contributed by atoms with van der Waals surface area (Å²) in [5.74, 6) is 1.33. The quantitative estimate of drug-likeness (QED) is 0.834. The van der Waals surface area contributed by atoms with E-state index in [0.29, 0.717) is 19.1 Å². The maximum Gasteiger partial charge on any atom is 0.242 e. The van der Waals surface area contributed by atoms with E-state index in [-0.39, 0.29) is 24.3 Å². The first-order valence-corrected chi connectivity index (χ1v) is 9.37. The number of amides is 2. The van der Waals surface area contributed by atoms with Crippen molar-refractivity contribution < 1.29 is 9.59 Å². The van der Waals surface area contributed by atoms with Crippen molar-refractivity contribution in [2.24, 2.45) is 5.92 Å². The number of rotatable bonds is 3. The van der Waals surface area contributed by atoms with E-state index >= 15 is 0 Å². The first-order chi connectivity index (χ1) is 12.1. The summed E-state index contributed by atoms with van der Waals surface area (Å²) in [6.45, 7) is 5.41. The van der Waals surface area contributed by atoms with Gasteiger partial charge in [0.15, 0.2) is 0 Å². The lowest BCUT2D eigenvalue weighted by Gasteiger charge is -2.38. The van der Waals surface area contributed by atoms with Crippen LogP contribution in [0.15, 0.2) is 18.3 Å². The van der Waals surface area contributed by atoms with Crippen LogP contribution >= 0.6 is 0 Å². The highest BCUT2D eigenvalue weighted by Crippen LogP contribution is 2.29. The zero-order valence-electron chi connectivity index (χ0n) is 14.9. The molecule has 0 aromatic carbocycles. The van der Waals surface area contributed by atoms with Gasteiger partial charge in [-0.2, -0.15) is 0 Å². The van der Waals surface area contributed by atoms with Crippen molar-refractivity contribution in [3.63, 3.8) is 0 Å². The van der Waals surface area contributed by atoms with Crippen LogP contribution in [0.4, 0.5) is 5.82 Å². The maximum absolute atomic E-state index is 12.8. The monoisotopic (exact) mass is 342 g/mol. The largest absolute Gasteiger partial charge is 0.357 e. The summed E-state index contributed by atoms with van der Waals surface area (Å²) in [6.07, 6.45) is 5.82. The van der Waals surface area contributed by atoms with Gasteiger partial charge in [-0.05, 0) is 44.2 Å². The number of anilines is 1. The Morgan fingerprint density at radius 3 is 2.44 bits per heavy atom. The van der Waals surface area contributed by atoms with Crippen LogP contribution in [0.3, 0.4) is 0 Å². The molecule has 0 radical (unpaired) electrons. The maximum atomic E-state index is 12.8. The SMILES string of the molecule is Cc1ccc(N2CCC(C(=O)N3CCN(C4CC4)C(=O)C3)CC2)nc1. The highest BCUT2D eigenvalue weighted by molar-refractivity contribution is 5.87. The summed E-state index contributed by atoms with van der Waals surface area (Å²) in [5.41, 5.74) is 1.16. The standard InChI is InChI=1S/C19H26N4O2/c1-14-2-5-17(20-12-14)21-8-6-15(7-9-21)19(25)22-10-11-23(16-3-4-16)18(24)13-22/h2,5,12,15-16H,3-4,6-11,13H2,1H3. The fraction of sp³-hybridized carbons (Fsp3) is 0.632. The summed E-state index contributed by atoms with van der Waals surface area (Å²) >= 11 is 0. The van der Waals surface area contributed by atoms with E-state index in [1.165, 1.54) is 0 Å². The number of hydrogen-bond acceptors (Lipinski definition) is 4. The molecule has 0 spiro atoms. The molecule has 4 rings (SSSR count). The van der Waals surface area contributed by atoms with E-state index in [1.807, 2.05) is 24.1 Å². The molecule has 1 aliphatic carbocycles. The summed E-state index contributed by atoms with van der Waals surface area (Å²) in [5, 5.41) is 0. The highest BCUT2D eigenvalue weighted by atomic mass is 16.2. The van der Waals surface area contributed by atoms with Gasteiger partial charge in [0.05, 0.1) is 6.54 Å². The van der Waals surface area contributed by atoms with Gasteiger partial charge in [-0.25, -0.2) is 4.98 Å². The van der Waals surface area contributed by atoms with Gasteiger partial charge in [-0.3, -0.25) is 9.59 Å². The second-order valence-electron chi connectivity index (χ2n) is 7.53. The van der Waals surface area contributed by atoms with Crippen molar-refractivity contribution in [2.75, 3.05) is 37.6 Å². The molecule has 1 saturated carbocycles. The molecular formula is C19H26N4O2. The number of nitrogens with zero attached hydrogens (tertiary/aromatic N) is 4. The molecule has 2 saturated heterocycles. The van der Waals surface area contributed by atoms with Gasteiger partial charge in [0.1, 0.15) is 5.82 Å². The van der Waals surface area contributed by atoms with Gasteiger partial charge in [-0.15, -0.1) is 0 Å². The summed E-state index contributed by atoms with van der Waals surface area (Å²) in [4.78, 5) is 35.5. The van der Waals surface area contributed by atoms with Gasteiger partial charge in [0.25, 0.3) is 0 Å². The Morgan fingerprint density at radius 2 is 1.84 bits per heavy atom. The molecular weight excluding hydrogens is 316 g/mol. The van der Waals surface area contributed by atoms with Crippen LogP contribution in [-0.4, -0.2) is 65.4 Å². The third-order valence-corrected chi connectivity index (χ3v) is 5.62. The van der Waals surface area contributed by atoms with Crippen LogP contribution in [-0.2, 0) is 9.59 Å². The zero-order valence-corrected chi connectivity index (χ0v) is 14.9. The Labute approximate surface area is 148 Å². The number of aromatic nitrogens is 1. The third-order valence-electron chi connectivity index (χ3n) is 5.62. The second kappa shape index (κ2) is 6.65. The molecule has 1 aromatic heterocycles. The molecule has 3 fully saturated rings. The molecule has 25 heavy (non-hydrogen) atoms. The highest BCUT2D eigenvalue weighted by Gasteiger charge is 2.38. The van der Waals surface area contributed by atoms with E-state index < -0.39 is 0 Å². The zero-order chi connectivity index (χ0) is 17.4. The fourth-order valence-corrected chi connectivity index (χ4v) is 3.91. The second-order valence-corrected chi connectivity index (χ2v) is 7.53. The molecule has 6 nitrogen and oxygen atoms in total. The smallest absolute Gasteiger partial charge is 0.242 e. The van der Waals surface area contributed by atoms with Crippen molar-refractivity contribution in [2.45, 2.75) is 38.6 Å². The number of carbonyl (C=O) groups is 2. The first-order valence-electron chi connectivity index (χ1n) is 9.37. The molecule has 0 bridgehead atoms. The van der Waals surface area contributed by atoms with E-state index in [9.17, 15) is 9.59 Å². The van der Waals surface area contributed by atoms with E-state index in [4.69, 9.17) is 0 Å². The number of piperazine rings is 1. The van der Waals surface area contributed by atoms with Crippen LogP contribution in [0.2, 0.25) is 0 Å². The molecule has 3 aliphatic rings. The third kappa shape index (κ3) is 3.48. The lowest BCUT2D eigenvalue weighted by atomic mass is 9.95. The predicted octanol–water partition coefficient (Wildman–Crippen LogP) is 1.44. The van der Waals surface area contributed by atoms with Crippen LogP contribution in [0.25, 0.3) is 0 Å². The Bertz CT molecular complexity index is 648. The molecule has 1 aromatic rings. The Morgan fingerprint density at radius 1 is 1.08 bits per heavy atom. The Balaban J connectivity index is 1.30. The fourth-order valence-electron chi connectivity index (χ4n) is 3.91. The van der Waals surface area contributed by atoms with Gasteiger partial charge in [-0.1, -0.05) is 6.07 Å². The number of hydrogen-bond donors (Lipinski definition) is 0. The van der Waals surface area contributed by atoms with Gasteiger partial charge < -0.3 is 14.7 Å². The average molecular weight is 342 g/mol. The van der Waals surface area contributed by atoms with Crippen molar-refractivity contribution >= 4 is 17.6 Å². The van der Waals surface area contributed by atoms with Crippen molar-refractivity contribution in [1.29, 1.82) is 0 Å². The van der Waals surface area contributed by atoms with Gasteiger partial charge >= 0.3 is 0 Å². The molecule has 2 aliphatic heterocycles. The van der Waals surface area contributed by atoms with Crippen LogP contribution in [0, 0.1) is 12.8 Å². The number of piperidine rings is 1. The average Bonchev–Trinajstić information content (AvgIpc) is 3.47. The van der Waals surface area contributed by atoms with Crippen LogP contribution < -0.4 is 4.90 Å². The molecule has 0 unspecified atom stereocenters. The molecule has 134 valence electrons. The topological polar surface area (TPSA) is 56.8 Å². The van der Waals surface area contributed by atoms with Crippen molar-refractivity contribution in [1.82, 2.24) is 14.8 Å². The van der Waals surface area contributed by atoms with Gasteiger partial charge in [0, 0.05) is 44.3 Å². The predicted molar refractivity (Wildman–Crippen MR) is 95.2 cm³/mol. The van der Waals surface area contributed by atoms with E-state index in [2.05, 4.69) is 16.0 Å². The first kappa shape index (κ1) is 16.4. The minimum atomic E-state index is 0.0435. The van der Waals surface area contributed by atoms with Crippen molar-refractivity contribution in [3.8, 4) is 0 Å². The minimum Gasteiger partial charge on any atom is -0.357 e. The normalized spacial score (nSPS) is 22.4. The summed E-state index contributed by atoms with van der Waals surface area (Å²) in [7, 11) is 0. The van der Waals surface area contributed by atoms with Crippen molar-refractivity contribution in [3.05, 3.63) is 23.9 Å². The minimum absolute atomic E-state index is 0.0435. The van der Waals surface area contributed by atoms with Gasteiger partial charge in [0.2, 0.25) is 11.8 Å². The number of pyridine rings is 1. The van der Waals surface area contributed by atoms with E-state index in [0.717, 1.165) is 50.2 Å². The number of aryl methyl sites for hydroxylation is 1. The molecule has 3 heterocycles. The lowest BCUT2D eigenvalue weighted by Crippen LogP contribution is -2.54. The summed E-state index contributed by atoms with van der Waals surface area (Å²) in [6, 6.07) is 4.58. The summed E-state index contributed by atoms with van der Waals surface area (Å²) < 4.78 is 0.